The summed E-state index contributed by atoms with van der Waals surface area (Å²) in [5.74, 6) is 0. The molecular formula is C7H3NO5W. The van der Waals surface area contributed by atoms with Crippen molar-refractivity contribution >= 4 is 0 Å². The molecule has 0 amide bonds. The molecule has 6 nitrogen and oxygen atoms in total. The third-order valence-corrected chi connectivity index (χ3v) is 0. The van der Waals surface area contributed by atoms with Crippen LogP contribution in [0.3, 0.4) is 0 Å². The predicted molar refractivity (Wildman–Crippen MR) is 30.9 cm³/mol. The molecule has 0 aromatic heterocycles. The van der Waals surface area contributed by atoms with Crippen molar-refractivity contribution in [1.82, 2.24) is 0 Å². The van der Waals surface area contributed by atoms with Crippen LogP contribution in [0.4, 0.5) is 0 Å². The Balaban J connectivity index is -0.00000000838. The van der Waals surface area contributed by atoms with Gasteiger partial charge in [0.25, 0.3) is 0 Å². The molecule has 0 aromatic carbocycles. The second-order valence-corrected chi connectivity index (χ2v) is 0.224. The van der Waals surface area contributed by atoms with E-state index in [9.17, 15) is 0 Å². The van der Waals surface area contributed by atoms with Crippen LogP contribution in [-0.4, -0.2) is 0 Å². The second kappa shape index (κ2) is 94900. The van der Waals surface area contributed by atoms with Crippen molar-refractivity contribution in [3.63, 3.8) is 0 Å². The molecule has 0 rings (SSSR count). The van der Waals surface area contributed by atoms with Crippen molar-refractivity contribution in [2.45, 2.75) is 6.92 Å². The van der Waals surface area contributed by atoms with Crippen LogP contribution in [0.1, 0.15) is 6.92 Å². The van der Waals surface area contributed by atoms with Crippen LogP contribution in [0.5, 0.6) is 0 Å². The van der Waals surface area contributed by atoms with Gasteiger partial charge in [0.2, 0.25) is 0 Å². The van der Waals surface area contributed by atoms with Crippen molar-refractivity contribution in [2.75, 3.05) is 0 Å². The summed E-state index contributed by atoms with van der Waals surface area (Å²) in [7, 11) is 0. The van der Waals surface area contributed by atoms with E-state index in [0.717, 1.165) is 0 Å². The van der Waals surface area contributed by atoms with Gasteiger partial charge in [-0.3, -0.25) is 0 Å². The van der Waals surface area contributed by atoms with Crippen LogP contribution < -0.4 is 0 Å². The van der Waals surface area contributed by atoms with E-state index in [2.05, 4.69) is 33.3 Å². The van der Waals surface area contributed by atoms with E-state index in [1.54, 1.807) is 6.07 Å². The fourth-order valence-electron chi connectivity index (χ4n) is 0. The summed E-state index contributed by atoms with van der Waals surface area (Å²) in [6.45, 7) is 23.9. The third kappa shape index (κ3) is 844. The Morgan fingerprint density at radius 1 is 0.714 bits per heavy atom. The minimum atomic E-state index is 0. The topological polar surface area (TPSA) is 123 Å². The summed E-state index contributed by atoms with van der Waals surface area (Å²) in [6, 6.07) is 1.75. The molecule has 0 bridgehead atoms. The summed E-state index contributed by atoms with van der Waals surface area (Å²) >= 11 is 0. The van der Waals surface area contributed by atoms with Crippen LogP contribution in [0.15, 0.2) is 0 Å². The summed E-state index contributed by atoms with van der Waals surface area (Å²) in [6.07, 6.45) is 0. The number of hydrogen-bond donors (Lipinski definition) is 0. The standard InChI is InChI=1S/C2H3N.5CO.W/c1-2-3;5*1-2;/h1H3;;;;;;. The van der Waals surface area contributed by atoms with Crippen LogP contribution in [-0.2, 0) is 44.3 Å². The fraction of sp³-hybridized carbons (Fsp3) is 0.143. The molecule has 0 heterocycles. The van der Waals surface area contributed by atoms with Crippen molar-refractivity contribution in [3.05, 3.63) is 33.3 Å². The molecule has 0 fully saturated rings. The molecule has 0 aliphatic heterocycles. The molecule has 0 saturated carbocycles. The van der Waals surface area contributed by atoms with Gasteiger partial charge in [0, 0.05) is 28.0 Å². The van der Waals surface area contributed by atoms with Gasteiger partial charge in [-0.2, -0.15) is 5.26 Å². The maximum Gasteiger partial charge on any atom is 0 e. The largest absolute Gasteiger partial charge is 0 e. The quantitative estimate of drug-likeness (QED) is 0.446. The third-order valence-electron chi connectivity index (χ3n) is 0. The predicted octanol–water partition coefficient (Wildman–Crippen LogP) is 0.340. The first-order chi connectivity index (χ1) is 6.41. The van der Waals surface area contributed by atoms with Gasteiger partial charge in [0.1, 0.15) is 0 Å². The van der Waals surface area contributed by atoms with Crippen molar-refractivity contribution in [1.29, 1.82) is 5.26 Å². The molecule has 0 atom stereocenters. The second-order valence-electron chi connectivity index (χ2n) is 0.224. The van der Waals surface area contributed by atoms with E-state index in [4.69, 9.17) is 28.5 Å². The average Bonchev–Trinajstić information content (AvgIpc) is 2.32. The van der Waals surface area contributed by atoms with Gasteiger partial charge < -0.3 is 0 Å². The molecule has 0 spiro atoms. The monoisotopic (exact) mass is 365 g/mol. The fourth-order valence-corrected chi connectivity index (χ4v) is 0. The summed E-state index contributed by atoms with van der Waals surface area (Å²) < 4.78 is 37.5. The van der Waals surface area contributed by atoms with E-state index in [-0.39, 0.29) is 21.1 Å². The van der Waals surface area contributed by atoms with Gasteiger partial charge in [-0.1, -0.05) is 0 Å². The van der Waals surface area contributed by atoms with E-state index in [1.165, 1.54) is 6.92 Å². The normalized spacial score (nSPS) is 1.29. The Bertz CT molecular complexity index is 138. The molecular weight excluding hydrogens is 362 g/mol. The molecule has 7 heteroatoms. The minimum absolute atomic E-state index is 0. The Morgan fingerprint density at radius 3 is 0.714 bits per heavy atom. The molecule has 0 aliphatic carbocycles. The Kier molecular flexibility index (Phi) is 357000. The Labute approximate surface area is 96.1 Å². The zero-order valence-corrected chi connectivity index (χ0v) is 9.83. The van der Waals surface area contributed by atoms with Crippen LogP contribution in [0.2, 0.25) is 0 Å². The van der Waals surface area contributed by atoms with Gasteiger partial charge in [0.15, 0.2) is 0 Å². The smallest absolute Gasteiger partial charge is 0 e. The summed E-state index contributed by atoms with van der Waals surface area (Å²) in [4.78, 5) is 0. The average molecular weight is 365 g/mol. The zero-order valence-electron chi connectivity index (χ0n) is 6.90. The first-order valence-electron chi connectivity index (χ1n) is 1.74. The van der Waals surface area contributed by atoms with Gasteiger partial charge in [0.05, 0.1) is 6.07 Å². The SMILES string of the molecule is CC#N.[C-]#[O+].[C-]#[O+].[C-]#[O+].[C-]#[O+].[C-]#[O+].[W]. The number of rotatable bonds is 0. The van der Waals surface area contributed by atoms with E-state index < -0.39 is 0 Å². The van der Waals surface area contributed by atoms with Crippen molar-refractivity contribution < 1.29 is 44.3 Å². The maximum atomic E-state index is 7.50. The van der Waals surface area contributed by atoms with Crippen molar-refractivity contribution in [2.24, 2.45) is 0 Å². The van der Waals surface area contributed by atoms with E-state index >= 15 is 0 Å². The van der Waals surface area contributed by atoms with Gasteiger partial charge >= 0.3 is 56.5 Å². The number of hydrogen-bond acceptors (Lipinski definition) is 1. The molecule has 0 saturated heterocycles. The molecule has 0 aliphatic rings. The number of nitrogens with zero attached hydrogens (tertiary/aromatic N) is 1. The molecule has 72 valence electrons. The van der Waals surface area contributed by atoms with Gasteiger partial charge in [-0.25, -0.2) is 0 Å². The van der Waals surface area contributed by atoms with Crippen molar-refractivity contribution in [3.8, 4) is 6.07 Å². The van der Waals surface area contributed by atoms with Crippen LogP contribution in [0, 0.1) is 44.6 Å². The van der Waals surface area contributed by atoms with Crippen LogP contribution >= 0.6 is 0 Å². The van der Waals surface area contributed by atoms with Gasteiger partial charge in [-0.15, -0.1) is 0 Å². The first-order valence-corrected chi connectivity index (χ1v) is 1.74. The molecule has 14 heavy (non-hydrogen) atoms. The first kappa shape index (κ1) is 52.6. The van der Waals surface area contributed by atoms with E-state index in [0.29, 0.717) is 0 Å². The molecule has 0 N–H and O–H groups in total. The minimum Gasteiger partial charge on any atom is 0 e. The zero-order chi connectivity index (χ0) is 12.7. The Hall–Kier alpha value is -1.12. The summed E-state index contributed by atoms with van der Waals surface area (Å²) in [5.41, 5.74) is 0. The molecule has 0 radical (unpaired) electrons. The van der Waals surface area contributed by atoms with Crippen LogP contribution in [0.25, 0.3) is 0 Å². The number of nitriles is 1. The summed E-state index contributed by atoms with van der Waals surface area (Å²) in [5, 5.41) is 7.32. The van der Waals surface area contributed by atoms with E-state index in [1.807, 2.05) is 0 Å². The maximum absolute atomic E-state index is 7.50. The molecule has 0 aromatic rings. The Morgan fingerprint density at radius 2 is 0.714 bits per heavy atom. The molecule has 0 unspecified atom stereocenters. The van der Waals surface area contributed by atoms with Gasteiger partial charge in [-0.05, 0) is 0 Å².